The Morgan fingerprint density at radius 2 is 1.89 bits per heavy atom. The van der Waals surface area contributed by atoms with E-state index in [1.54, 1.807) is 0 Å². The molecule has 1 spiro atoms. The molecule has 4 aliphatic carbocycles. The maximum absolute atomic E-state index is 12.3. The molecular weight excluding hydrogens is 240 g/mol. The van der Waals surface area contributed by atoms with Gasteiger partial charge in [0.1, 0.15) is 0 Å². The third kappa shape index (κ3) is 0.755. The van der Waals surface area contributed by atoms with E-state index in [1.165, 1.54) is 6.42 Å². The van der Waals surface area contributed by atoms with Crippen LogP contribution in [0.15, 0.2) is 0 Å². The maximum Gasteiger partial charge on any atom is 0.318 e. The van der Waals surface area contributed by atoms with Crippen LogP contribution in [0, 0.1) is 52.3 Å². The summed E-state index contributed by atoms with van der Waals surface area (Å²) in [5.74, 6) is 2.57. The van der Waals surface area contributed by atoms with Gasteiger partial charge in [0.05, 0.1) is 11.8 Å². The summed E-state index contributed by atoms with van der Waals surface area (Å²) >= 11 is 0. The lowest BCUT2D eigenvalue weighted by Crippen LogP contribution is -2.39. The van der Waals surface area contributed by atoms with Gasteiger partial charge < -0.3 is 4.74 Å². The Kier molecular flexibility index (Phi) is 1.51. The first-order valence-electron chi connectivity index (χ1n) is 7.72. The predicted molar refractivity (Wildman–Crippen MR) is 66.7 cm³/mol. The van der Waals surface area contributed by atoms with Crippen LogP contribution in [0.2, 0.25) is 0 Å². The van der Waals surface area contributed by atoms with Crippen molar-refractivity contribution in [1.29, 1.82) is 0 Å². The SMILES string of the molecule is CC(C)C12CC3CC1C1(C(C)C31)C1C(=O)OC(=O)C12. The van der Waals surface area contributed by atoms with E-state index in [0.717, 1.165) is 12.3 Å². The summed E-state index contributed by atoms with van der Waals surface area (Å²) in [7, 11) is 0. The van der Waals surface area contributed by atoms with Gasteiger partial charge in [-0.3, -0.25) is 9.59 Å². The molecule has 0 radical (unpaired) electrons. The van der Waals surface area contributed by atoms with Crippen molar-refractivity contribution < 1.29 is 14.3 Å². The molecule has 1 aliphatic heterocycles. The lowest BCUT2D eigenvalue weighted by Gasteiger charge is -2.40. The van der Waals surface area contributed by atoms with Gasteiger partial charge in [0, 0.05) is 0 Å². The molecule has 0 aromatic heterocycles. The number of esters is 2. The normalized spacial score (nSPS) is 63.6. The molecule has 1 heterocycles. The number of fused-ring (bicyclic) bond motifs is 4. The zero-order chi connectivity index (χ0) is 13.3. The van der Waals surface area contributed by atoms with Crippen LogP contribution < -0.4 is 0 Å². The summed E-state index contributed by atoms with van der Waals surface area (Å²) in [6.07, 6.45) is 2.43. The lowest BCUT2D eigenvalue weighted by atomic mass is 9.63. The Morgan fingerprint density at radius 1 is 1.21 bits per heavy atom. The number of carbonyl (C=O) groups excluding carboxylic acids is 2. The van der Waals surface area contributed by atoms with Crippen LogP contribution in [0.3, 0.4) is 0 Å². The lowest BCUT2D eigenvalue weighted by molar-refractivity contribution is -0.157. The third-order valence-electron chi connectivity index (χ3n) is 7.94. The number of hydrogen-bond donors (Lipinski definition) is 0. The molecule has 0 aromatic carbocycles. The first kappa shape index (κ1) is 10.9. The van der Waals surface area contributed by atoms with E-state index in [9.17, 15) is 9.59 Å². The molecule has 5 aliphatic rings. The van der Waals surface area contributed by atoms with Crippen molar-refractivity contribution in [2.45, 2.75) is 33.6 Å². The van der Waals surface area contributed by atoms with Gasteiger partial charge in [-0.1, -0.05) is 20.8 Å². The number of rotatable bonds is 1. The monoisotopic (exact) mass is 260 g/mol. The topological polar surface area (TPSA) is 43.4 Å². The van der Waals surface area contributed by atoms with Crippen LogP contribution in [0.5, 0.6) is 0 Å². The van der Waals surface area contributed by atoms with Gasteiger partial charge in [-0.15, -0.1) is 0 Å². The van der Waals surface area contributed by atoms with Crippen LogP contribution in [0.1, 0.15) is 33.6 Å². The van der Waals surface area contributed by atoms with E-state index in [1.807, 2.05) is 0 Å². The van der Waals surface area contributed by atoms with Crippen LogP contribution in [-0.4, -0.2) is 11.9 Å². The Balaban J connectivity index is 1.78. The van der Waals surface area contributed by atoms with E-state index in [-0.39, 0.29) is 34.6 Å². The first-order chi connectivity index (χ1) is 8.97. The summed E-state index contributed by atoms with van der Waals surface area (Å²) < 4.78 is 5.07. The number of carbonyl (C=O) groups is 2. The Labute approximate surface area is 113 Å². The van der Waals surface area contributed by atoms with E-state index in [4.69, 9.17) is 4.74 Å². The van der Waals surface area contributed by atoms with Gasteiger partial charge in [-0.25, -0.2) is 0 Å². The van der Waals surface area contributed by atoms with Gasteiger partial charge in [0.15, 0.2) is 0 Å². The fourth-order valence-corrected chi connectivity index (χ4v) is 7.73. The highest BCUT2D eigenvalue weighted by atomic mass is 16.6. The molecule has 2 bridgehead atoms. The summed E-state index contributed by atoms with van der Waals surface area (Å²) in [4.78, 5) is 24.6. The van der Waals surface area contributed by atoms with Crippen molar-refractivity contribution >= 4 is 11.9 Å². The average molecular weight is 260 g/mol. The van der Waals surface area contributed by atoms with Crippen LogP contribution >= 0.6 is 0 Å². The summed E-state index contributed by atoms with van der Waals surface area (Å²) in [5.41, 5.74) is 0.223. The van der Waals surface area contributed by atoms with Gasteiger partial charge >= 0.3 is 11.9 Å². The minimum atomic E-state index is -0.203. The molecule has 3 heteroatoms. The second-order valence-corrected chi connectivity index (χ2v) is 8.03. The fourth-order valence-electron chi connectivity index (χ4n) is 7.73. The summed E-state index contributed by atoms with van der Waals surface area (Å²) in [5, 5.41) is 0. The molecule has 0 N–H and O–H groups in total. The quantitative estimate of drug-likeness (QED) is 0.536. The molecule has 4 saturated carbocycles. The van der Waals surface area contributed by atoms with Crippen molar-refractivity contribution in [2.75, 3.05) is 0 Å². The van der Waals surface area contributed by atoms with Crippen molar-refractivity contribution in [2.24, 2.45) is 52.3 Å². The van der Waals surface area contributed by atoms with Crippen LogP contribution in [-0.2, 0) is 14.3 Å². The molecule has 5 fully saturated rings. The molecule has 19 heavy (non-hydrogen) atoms. The molecule has 8 atom stereocenters. The Morgan fingerprint density at radius 3 is 2.58 bits per heavy atom. The molecule has 1 saturated heterocycles. The average Bonchev–Trinajstić information content (AvgIpc) is 2.70. The molecule has 8 unspecified atom stereocenters. The Hall–Kier alpha value is -0.860. The second kappa shape index (κ2) is 2.64. The van der Waals surface area contributed by atoms with E-state index < -0.39 is 0 Å². The standard InChI is InChI=1S/C16H20O3/c1-6(2)15-5-8-4-9(15)16(7(3)10(8)16)12-11(15)13(17)19-14(12)18/h6-12H,4-5H2,1-3H3. The predicted octanol–water partition coefficient (Wildman–Crippen LogP) is 2.25. The van der Waals surface area contributed by atoms with E-state index in [2.05, 4.69) is 20.8 Å². The molecule has 3 nitrogen and oxygen atoms in total. The van der Waals surface area contributed by atoms with Gasteiger partial charge in [-0.05, 0) is 53.3 Å². The highest BCUT2D eigenvalue weighted by molar-refractivity contribution is 5.99. The highest BCUT2D eigenvalue weighted by Crippen LogP contribution is 2.92. The Bertz CT molecular complexity index is 538. The third-order valence-corrected chi connectivity index (χ3v) is 7.94. The van der Waals surface area contributed by atoms with Gasteiger partial charge in [0.2, 0.25) is 0 Å². The van der Waals surface area contributed by atoms with Crippen molar-refractivity contribution in [3.63, 3.8) is 0 Å². The van der Waals surface area contributed by atoms with E-state index >= 15 is 0 Å². The summed E-state index contributed by atoms with van der Waals surface area (Å²) in [6, 6.07) is 0. The van der Waals surface area contributed by atoms with Gasteiger partial charge in [-0.2, -0.15) is 0 Å². The zero-order valence-corrected chi connectivity index (χ0v) is 11.7. The second-order valence-electron chi connectivity index (χ2n) is 8.03. The highest BCUT2D eigenvalue weighted by Gasteiger charge is 2.91. The van der Waals surface area contributed by atoms with Crippen LogP contribution in [0.4, 0.5) is 0 Å². The van der Waals surface area contributed by atoms with Crippen molar-refractivity contribution in [3.8, 4) is 0 Å². The largest absolute Gasteiger partial charge is 0.393 e. The first-order valence-corrected chi connectivity index (χ1v) is 7.72. The maximum atomic E-state index is 12.3. The van der Waals surface area contributed by atoms with Crippen molar-refractivity contribution in [1.82, 2.24) is 0 Å². The van der Waals surface area contributed by atoms with Gasteiger partial charge in [0.25, 0.3) is 0 Å². The zero-order valence-electron chi connectivity index (χ0n) is 11.7. The van der Waals surface area contributed by atoms with E-state index in [0.29, 0.717) is 23.7 Å². The van der Waals surface area contributed by atoms with Crippen molar-refractivity contribution in [3.05, 3.63) is 0 Å². The minimum absolute atomic E-state index is 0.0693. The molecular formula is C16H20O3. The number of hydrogen-bond acceptors (Lipinski definition) is 3. The minimum Gasteiger partial charge on any atom is -0.393 e. The molecule has 0 amide bonds. The number of cyclic esters (lactones) is 2. The van der Waals surface area contributed by atoms with Crippen LogP contribution in [0.25, 0.3) is 0 Å². The fraction of sp³-hybridized carbons (Fsp3) is 0.875. The molecule has 0 aromatic rings. The smallest absolute Gasteiger partial charge is 0.318 e. The number of ether oxygens (including phenoxy) is 1. The molecule has 102 valence electrons. The molecule has 5 rings (SSSR count). The summed E-state index contributed by atoms with van der Waals surface area (Å²) in [6.45, 7) is 6.79.